The van der Waals surface area contributed by atoms with Crippen LogP contribution in [-0.2, 0) is 9.59 Å². The van der Waals surface area contributed by atoms with Gasteiger partial charge in [0, 0.05) is 20.0 Å². The third kappa shape index (κ3) is 3.24. The minimum atomic E-state index is -0.331. The predicted molar refractivity (Wildman–Crippen MR) is 84.5 cm³/mol. The molecule has 0 radical (unpaired) electrons. The third-order valence-electron chi connectivity index (χ3n) is 4.22. The molecule has 0 aliphatic carbocycles. The minimum Gasteiger partial charge on any atom is -0.497 e. The highest BCUT2D eigenvalue weighted by molar-refractivity contribution is 5.90. The van der Waals surface area contributed by atoms with Crippen molar-refractivity contribution in [2.24, 2.45) is 5.92 Å². The van der Waals surface area contributed by atoms with Gasteiger partial charge < -0.3 is 15.0 Å². The van der Waals surface area contributed by atoms with E-state index in [0.717, 1.165) is 24.2 Å². The van der Waals surface area contributed by atoms with E-state index in [-0.39, 0.29) is 30.2 Å². The first kappa shape index (κ1) is 16.3. The van der Waals surface area contributed by atoms with Gasteiger partial charge >= 0.3 is 0 Å². The van der Waals surface area contributed by atoms with Gasteiger partial charge in [-0.05, 0) is 24.1 Å². The summed E-state index contributed by atoms with van der Waals surface area (Å²) >= 11 is 0. The number of hydrogen-bond donors (Lipinski definition) is 1. The average Bonchev–Trinajstić information content (AvgIpc) is 2.88. The quantitative estimate of drug-likeness (QED) is 0.876. The van der Waals surface area contributed by atoms with Crippen LogP contribution in [0.5, 0.6) is 5.75 Å². The molecule has 0 unspecified atom stereocenters. The van der Waals surface area contributed by atoms with E-state index in [4.69, 9.17) is 4.74 Å². The molecule has 1 aromatic rings. The summed E-state index contributed by atoms with van der Waals surface area (Å²) in [5.41, 5.74) is 0.983. The molecule has 2 amide bonds. The van der Waals surface area contributed by atoms with Gasteiger partial charge in [0.25, 0.3) is 0 Å². The number of likely N-dealkylation sites (tertiary alicyclic amines) is 1. The van der Waals surface area contributed by atoms with Crippen LogP contribution in [-0.4, -0.2) is 37.4 Å². The molecule has 0 bridgehead atoms. The smallest absolute Gasteiger partial charge is 0.225 e. The zero-order valence-electron chi connectivity index (χ0n) is 13.5. The number of benzene rings is 1. The van der Waals surface area contributed by atoms with Crippen LogP contribution in [0.25, 0.3) is 0 Å². The molecule has 1 fully saturated rings. The summed E-state index contributed by atoms with van der Waals surface area (Å²) in [6.45, 7) is 2.79. The molecule has 1 N–H and O–H groups in total. The molecule has 1 heterocycles. The van der Waals surface area contributed by atoms with Crippen LogP contribution in [0.2, 0.25) is 0 Å². The van der Waals surface area contributed by atoms with Crippen molar-refractivity contribution in [3.05, 3.63) is 29.8 Å². The second-order valence-electron chi connectivity index (χ2n) is 5.58. The Kier molecular flexibility index (Phi) is 5.41. The lowest BCUT2D eigenvalue weighted by Gasteiger charge is -2.28. The van der Waals surface area contributed by atoms with Crippen molar-refractivity contribution >= 4 is 11.8 Å². The summed E-state index contributed by atoms with van der Waals surface area (Å²) in [5.74, 6) is 0.420. The van der Waals surface area contributed by atoms with Crippen molar-refractivity contribution in [2.75, 3.05) is 20.7 Å². The Hall–Kier alpha value is -2.04. The summed E-state index contributed by atoms with van der Waals surface area (Å²) in [5, 5.41) is 2.68. The third-order valence-corrected chi connectivity index (χ3v) is 4.22. The molecule has 22 heavy (non-hydrogen) atoms. The van der Waals surface area contributed by atoms with Gasteiger partial charge in [-0.1, -0.05) is 25.5 Å². The van der Waals surface area contributed by atoms with Gasteiger partial charge in [0.2, 0.25) is 11.8 Å². The van der Waals surface area contributed by atoms with E-state index in [1.165, 1.54) is 0 Å². The van der Waals surface area contributed by atoms with E-state index in [0.29, 0.717) is 6.54 Å². The van der Waals surface area contributed by atoms with E-state index in [1.807, 2.05) is 29.2 Å². The van der Waals surface area contributed by atoms with Crippen LogP contribution in [0.3, 0.4) is 0 Å². The number of unbranched alkanes of at least 4 members (excludes halogenated alkanes) is 1. The number of rotatable bonds is 6. The number of ether oxygens (including phenoxy) is 1. The molecule has 2 rings (SSSR count). The summed E-state index contributed by atoms with van der Waals surface area (Å²) in [6, 6.07) is 7.44. The fourth-order valence-corrected chi connectivity index (χ4v) is 3.02. The fourth-order valence-electron chi connectivity index (χ4n) is 3.02. The maximum atomic E-state index is 12.3. The highest BCUT2D eigenvalue weighted by Crippen LogP contribution is 2.38. The van der Waals surface area contributed by atoms with E-state index >= 15 is 0 Å². The standard InChI is InChI=1S/C17H24N2O3/c1-4-5-10-19-15(20)11-14(17(21)18-2)16(19)12-6-8-13(22-3)9-7-12/h6-9,14,16H,4-5,10-11H2,1-3H3,(H,18,21)/t14-,16-/m1/s1. The van der Waals surface area contributed by atoms with Crippen molar-refractivity contribution < 1.29 is 14.3 Å². The molecule has 5 nitrogen and oxygen atoms in total. The van der Waals surface area contributed by atoms with Crippen LogP contribution < -0.4 is 10.1 Å². The summed E-state index contributed by atoms with van der Waals surface area (Å²) in [6.07, 6.45) is 2.24. The fraction of sp³-hybridized carbons (Fsp3) is 0.529. The van der Waals surface area contributed by atoms with Crippen LogP contribution in [0.1, 0.15) is 37.8 Å². The molecular formula is C17H24N2O3. The molecule has 2 atom stereocenters. The van der Waals surface area contributed by atoms with E-state index in [9.17, 15) is 9.59 Å². The highest BCUT2D eigenvalue weighted by atomic mass is 16.5. The number of amides is 2. The van der Waals surface area contributed by atoms with Crippen LogP contribution in [0, 0.1) is 5.92 Å². The number of nitrogens with one attached hydrogen (secondary N) is 1. The first-order valence-corrected chi connectivity index (χ1v) is 7.77. The lowest BCUT2D eigenvalue weighted by atomic mass is 9.92. The molecule has 120 valence electrons. The van der Waals surface area contributed by atoms with Gasteiger partial charge in [-0.3, -0.25) is 9.59 Å². The van der Waals surface area contributed by atoms with Crippen LogP contribution in [0.15, 0.2) is 24.3 Å². The van der Waals surface area contributed by atoms with Crippen molar-refractivity contribution in [2.45, 2.75) is 32.2 Å². The zero-order chi connectivity index (χ0) is 16.1. The Balaban J connectivity index is 2.32. The normalized spacial score (nSPS) is 21.0. The summed E-state index contributed by atoms with van der Waals surface area (Å²) in [7, 11) is 3.24. The van der Waals surface area contributed by atoms with Gasteiger partial charge in [-0.2, -0.15) is 0 Å². The molecule has 0 aromatic heterocycles. The molecule has 1 aliphatic heterocycles. The second-order valence-corrected chi connectivity index (χ2v) is 5.58. The Morgan fingerprint density at radius 2 is 2.05 bits per heavy atom. The Labute approximate surface area is 131 Å². The Morgan fingerprint density at radius 1 is 1.36 bits per heavy atom. The molecule has 0 saturated carbocycles. The maximum Gasteiger partial charge on any atom is 0.225 e. The Morgan fingerprint density at radius 3 is 2.59 bits per heavy atom. The first-order valence-electron chi connectivity index (χ1n) is 7.77. The van der Waals surface area contributed by atoms with Gasteiger partial charge in [0.15, 0.2) is 0 Å². The largest absolute Gasteiger partial charge is 0.497 e. The van der Waals surface area contributed by atoms with Crippen LogP contribution in [0.4, 0.5) is 0 Å². The van der Waals surface area contributed by atoms with E-state index < -0.39 is 0 Å². The number of carbonyl (C=O) groups excluding carboxylic acids is 2. The van der Waals surface area contributed by atoms with E-state index in [1.54, 1.807) is 14.2 Å². The van der Waals surface area contributed by atoms with Crippen molar-refractivity contribution in [1.82, 2.24) is 10.2 Å². The minimum absolute atomic E-state index is 0.0582. The molecular weight excluding hydrogens is 280 g/mol. The van der Waals surface area contributed by atoms with Crippen molar-refractivity contribution in [1.29, 1.82) is 0 Å². The molecule has 0 spiro atoms. The van der Waals surface area contributed by atoms with Gasteiger partial charge in [-0.25, -0.2) is 0 Å². The molecule has 1 aromatic carbocycles. The highest BCUT2D eigenvalue weighted by Gasteiger charge is 2.43. The topological polar surface area (TPSA) is 58.6 Å². The predicted octanol–water partition coefficient (Wildman–Crippen LogP) is 2.13. The monoisotopic (exact) mass is 304 g/mol. The van der Waals surface area contributed by atoms with Crippen LogP contribution >= 0.6 is 0 Å². The molecule has 1 saturated heterocycles. The Bertz CT molecular complexity index is 527. The van der Waals surface area contributed by atoms with Crippen molar-refractivity contribution in [3.63, 3.8) is 0 Å². The molecule has 1 aliphatic rings. The summed E-state index contributed by atoms with van der Waals surface area (Å²) < 4.78 is 5.18. The lowest BCUT2D eigenvalue weighted by Crippen LogP contribution is -2.34. The van der Waals surface area contributed by atoms with Gasteiger partial charge in [0.1, 0.15) is 5.75 Å². The number of hydrogen-bond acceptors (Lipinski definition) is 3. The number of methoxy groups -OCH3 is 1. The molecule has 5 heteroatoms. The van der Waals surface area contributed by atoms with Crippen molar-refractivity contribution in [3.8, 4) is 5.75 Å². The average molecular weight is 304 g/mol. The van der Waals surface area contributed by atoms with E-state index in [2.05, 4.69) is 12.2 Å². The van der Waals surface area contributed by atoms with Gasteiger partial charge in [-0.15, -0.1) is 0 Å². The van der Waals surface area contributed by atoms with Gasteiger partial charge in [0.05, 0.1) is 19.1 Å². The maximum absolute atomic E-state index is 12.3. The first-order chi connectivity index (χ1) is 10.6. The zero-order valence-corrected chi connectivity index (χ0v) is 13.5. The number of nitrogens with zero attached hydrogens (tertiary/aromatic N) is 1. The second kappa shape index (κ2) is 7.29. The summed E-state index contributed by atoms with van der Waals surface area (Å²) in [4.78, 5) is 26.4. The number of carbonyl (C=O) groups is 2. The SMILES string of the molecule is CCCCN1C(=O)C[C@@H](C(=O)NC)[C@H]1c1ccc(OC)cc1. The lowest BCUT2D eigenvalue weighted by molar-refractivity contribution is -0.129.